The lowest BCUT2D eigenvalue weighted by molar-refractivity contribution is -0.132. The molecule has 7 heteroatoms. The summed E-state index contributed by atoms with van der Waals surface area (Å²) in [5, 5.41) is 3.35. The van der Waals surface area contributed by atoms with Crippen molar-refractivity contribution >= 4 is 61.0 Å². The van der Waals surface area contributed by atoms with Crippen LogP contribution in [0.25, 0.3) is 10.9 Å². The lowest BCUT2D eigenvalue weighted by atomic mass is 10.2. The number of nitrogens with zero attached hydrogens (tertiary/aromatic N) is 2. The maximum atomic E-state index is 14.0. The molecule has 0 spiro atoms. The van der Waals surface area contributed by atoms with E-state index >= 15 is 0 Å². The van der Waals surface area contributed by atoms with E-state index in [1.807, 2.05) is 103 Å². The summed E-state index contributed by atoms with van der Waals surface area (Å²) in [5.41, 5.74) is 0.742. The first-order chi connectivity index (χ1) is 17.5. The second-order valence-corrected chi connectivity index (χ2v) is 12.5. The van der Waals surface area contributed by atoms with Crippen molar-refractivity contribution in [2.24, 2.45) is 7.05 Å². The monoisotopic (exact) mass is 558 g/mol. The van der Waals surface area contributed by atoms with Crippen molar-refractivity contribution in [3.8, 4) is 0 Å². The fraction of sp³-hybridized carbons (Fsp3) is 0.0690. The fourth-order valence-corrected chi connectivity index (χ4v) is 9.51. The topological polar surface area (TPSA) is 53.2 Å². The van der Waals surface area contributed by atoms with E-state index in [-0.39, 0.29) is 5.56 Å². The number of hydrogen-bond acceptors (Lipinski definition) is 3. The highest BCUT2D eigenvalue weighted by Gasteiger charge is 2.37. The van der Waals surface area contributed by atoms with Gasteiger partial charge >= 0.3 is 5.97 Å². The van der Waals surface area contributed by atoms with Crippen LogP contribution in [-0.4, -0.2) is 27.9 Å². The van der Waals surface area contributed by atoms with Crippen molar-refractivity contribution in [2.75, 3.05) is 7.11 Å². The number of esters is 1. The summed E-state index contributed by atoms with van der Waals surface area (Å²) in [6, 6.07) is 35.4. The molecule has 0 unspecified atom stereocenters. The Morgan fingerprint density at radius 1 is 0.778 bits per heavy atom. The van der Waals surface area contributed by atoms with E-state index in [2.05, 4.69) is 15.9 Å². The first kappa shape index (κ1) is 24.1. The number of aryl methyl sites for hydroxylation is 1. The minimum atomic E-state index is -2.91. The van der Waals surface area contributed by atoms with Crippen molar-refractivity contribution < 1.29 is 9.53 Å². The van der Waals surface area contributed by atoms with Crippen LogP contribution < -0.4 is 21.5 Å². The minimum absolute atomic E-state index is 0.277. The molecule has 1 heterocycles. The Bertz CT molecular complexity index is 1570. The van der Waals surface area contributed by atoms with Gasteiger partial charge in [0.2, 0.25) is 0 Å². The number of halogens is 1. The van der Waals surface area contributed by atoms with Gasteiger partial charge in [0.1, 0.15) is 0 Å². The molecule has 0 saturated carbocycles. The molecular weight excluding hydrogens is 535 g/mol. The molecule has 0 aliphatic carbocycles. The molecule has 36 heavy (non-hydrogen) atoms. The molecule has 5 nitrogen and oxygen atoms in total. The summed E-state index contributed by atoms with van der Waals surface area (Å²) in [6.07, 6.45) is 0. The number of benzene rings is 4. The molecule has 0 saturated heterocycles. The molecule has 0 amide bonds. The average Bonchev–Trinajstić information content (AvgIpc) is 3.17. The zero-order chi connectivity index (χ0) is 25.3. The average molecular weight is 559 g/mol. The lowest BCUT2D eigenvalue weighted by Crippen LogP contribution is -2.42. The van der Waals surface area contributed by atoms with Crippen LogP contribution in [-0.2, 0) is 16.6 Å². The van der Waals surface area contributed by atoms with Gasteiger partial charge in [0.15, 0.2) is 5.42 Å². The van der Waals surface area contributed by atoms with Crippen LogP contribution in [0.5, 0.6) is 0 Å². The molecule has 5 aromatic rings. The highest BCUT2D eigenvalue weighted by atomic mass is 79.9. The first-order valence-corrected chi connectivity index (χ1v) is 14.0. The smallest absolute Gasteiger partial charge is 0.357 e. The van der Waals surface area contributed by atoms with Crippen molar-refractivity contribution in [3.63, 3.8) is 0 Å². The second kappa shape index (κ2) is 9.81. The standard InChI is InChI=1S/C29H24BrN2O3P/c1-31-26-19-18-21(30)20-25(26)27(33)32(31)28(29(34)35-2)36(22-12-6-3-7-13-22,23-14-8-4-9-15-23)24-16-10-5-11-17-24/h3-20H,1-2H3. The van der Waals surface area contributed by atoms with E-state index in [0.29, 0.717) is 10.8 Å². The molecule has 5 rings (SSSR count). The lowest BCUT2D eigenvalue weighted by Gasteiger charge is -2.32. The van der Waals surface area contributed by atoms with Crippen LogP contribution in [0.4, 0.5) is 0 Å². The molecule has 0 N–H and O–H groups in total. The normalized spacial score (nSPS) is 11.4. The number of fused-ring (bicyclic) bond motifs is 1. The Hall–Kier alpha value is -3.60. The molecule has 0 radical (unpaired) electrons. The van der Waals surface area contributed by atoms with E-state index < -0.39 is 12.9 Å². The maximum Gasteiger partial charge on any atom is 0.357 e. The quantitative estimate of drug-likeness (QED) is 0.239. The van der Waals surface area contributed by atoms with Gasteiger partial charge in [-0.15, -0.1) is 0 Å². The first-order valence-electron chi connectivity index (χ1n) is 11.4. The fourth-order valence-electron chi connectivity index (χ4n) is 4.78. The van der Waals surface area contributed by atoms with Crippen LogP contribution in [0.3, 0.4) is 0 Å². The SMILES string of the molecule is COC(=O)C(n1c(=O)c2cc(Br)ccc2n1C)=P(c1ccccc1)(c1ccccc1)c1ccccc1. The van der Waals surface area contributed by atoms with E-state index in [0.717, 1.165) is 25.9 Å². The van der Waals surface area contributed by atoms with Crippen molar-refractivity contribution in [2.45, 2.75) is 0 Å². The zero-order valence-corrected chi connectivity index (χ0v) is 22.3. The Labute approximate surface area is 217 Å². The van der Waals surface area contributed by atoms with E-state index in [9.17, 15) is 9.59 Å². The molecule has 0 atom stereocenters. The van der Waals surface area contributed by atoms with Gasteiger partial charge < -0.3 is 4.74 Å². The number of methoxy groups -OCH3 is 1. The van der Waals surface area contributed by atoms with E-state index in [4.69, 9.17) is 4.74 Å². The van der Waals surface area contributed by atoms with Gasteiger partial charge in [0.05, 0.1) is 18.0 Å². The largest absolute Gasteiger partial charge is 0.464 e. The number of aromatic nitrogens is 2. The summed E-state index contributed by atoms with van der Waals surface area (Å²) in [4.78, 5) is 27.9. The van der Waals surface area contributed by atoms with Gasteiger partial charge in [-0.25, -0.2) is 9.48 Å². The predicted octanol–water partition coefficient (Wildman–Crippen LogP) is 4.25. The number of carbonyl (C=O) groups is 1. The zero-order valence-electron chi connectivity index (χ0n) is 19.8. The third-order valence-corrected chi connectivity index (χ3v) is 11.1. The predicted molar refractivity (Wildman–Crippen MR) is 152 cm³/mol. The van der Waals surface area contributed by atoms with Gasteiger partial charge in [-0.2, -0.15) is 0 Å². The summed E-state index contributed by atoms with van der Waals surface area (Å²) in [5.74, 6) is -0.549. The highest BCUT2D eigenvalue weighted by molar-refractivity contribution is 9.10. The van der Waals surface area contributed by atoms with Crippen molar-refractivity contribution in [1.29, 1.82) is 0 Å². The molecule has 0 bridgehead atoms. The molecule has 4 aromatic carbocycles. The van der Waals surface area contributed by atoms with Crippen molar-refractivity contribution in [1.82, 2.24) is 9.36 Å². The number of rotatable bonds is 5. The molecule has 180 valence electrons. The molecule has 0 fully saturated rings. The van der Waals surface area contributed by atoms with E-state index in [1.165, 1.54) is 11.8 Å². The Balaban J connectivity index is 2.14. The summed E-state index contributed by atoms with van der Waals surface area (Å²) >= 11 is 3.48. The van der Waals surface area contributed by atoms with Gasteiger partial charge in [-0.3, -0.25) is 9.48 Å². The number of hydrogen-bond donors (Lipinski definition) is 0. The molecule has 0 aliphatic heterocycles. The molecule has 1 aromatic heterocycles. The van der Waals surface area contributed by atoms with Crippen molar-refractivity contribution in [3.05, 3.63) is 124 Å². The van der Waals surface area contributed by atoms with Gasteiger partial charge in [-0.05, 0) is 34.1 Å². The highest BCUT2D eigenvalue weighted by Crippen LogP contribution is 2.46. The second-order valence-electron chi connectivity index (χ2n) is 8.29. The number of ether oxygens (including phenoxy) is 1. The van der Waals surface area contributed by atoms with Gasteiger partial charge in [-0.1, -0.05) is 107 Å². The molecule has 0 aliphatic rings. The van der Waals surface area contributed by atoms with Gasteiger partial charge in [0.25, 0.3) is 5.56 Å². The third-order valence-electron chi connectivity index (χ3n) is 6.35. The summed E-state index contributed by atoms with van der Waals surface area (Å²) in [6.45, 7) is -2.91. The minimum Gasteiger partial charge on any atom is -0.464 e. The van der Waals surface area contributed by atoms with Crippen LogP contribution in [0, 0.1) is 0 Å². The third kappa shape index (κ3) is 3.78. The van der Waals surface area contributed by atoms with E-state index in [1.54, 1.807) is 17.8 Å². The van der Waals surface area contributed by atoms with Crippen LogP contribution in [0.1, 0.15) is 0 Å². The van der Waals surface area contributed by atoms with Crippen LogP contribution >= 0.6 is 22.8 Å². The Morgan fingerprint density at radius 2 is 1.25 bits per heavy atom. The maximum absolute atomic E-state index is 14.0. The Kier molecular flexibility index (Phi) is 6.57. The summed E-state index contributed by atoms with van der Waals surface area (Å²) in [7, 11) is 3.17. The Morgan fingerprint density at radius 3 is 1.69 bits per heavy atom. The summed E-state index contributed by atoms with van der Waals surface area (Å²) < 4.78 is 9.48. The van der Waals surface area contributed by atoms with Crippen LogP contribution in [0.2, 0.25) is 0 Å². The molecular formula is C29H24BrN2O3P. The van der Waals surface area contributed by atoms with Gasteiger partial charge in [0, 0.05) is 18.4 Å². The van der Waals surface area contributed by atoms with Crippen LogP contribution in [0.15, 0.2) is 118 Å². The number of carbonyl (C=O) groups excluding carboxylic acids is 1.